The molecule has 1 amide bonds. The molecule has 130 valence electrons. The largest absolute Gasteiger partial charge is 0.343 e. The fourth-order valence-corrected chi connectivity index (χ4v) is 3.42. The van der Waals surface area contributed by atoms with Gasteiger partial charge in [0, 0.05) is 6.07 Å². The van der Waals surface area contributed by atoms with Crippen LogP contribution in [0.15, 0.2) is 35.1 Å². The Morgan fingerprint density at radius 2 is 1.96 bits per heavy atom. The Hall–Kier alpha value is -2.43. The van der Waals surface area contributed by atoms with E-state index in [1.165, 1.54) is 24.5 Å². The summed E-state index contributed by atoms with van der Waals surface area (Å²) in [6.07, 6.45) is 4.74. The van der Waals surface area contributed by atoms with Crippen LogP contribution in [0.25, 0.3) is 0 Å². The lowest BCUT2D eigenvalue weighted by Crippen LogP contribution is -2.34. The van der Waals surface area contributed by atoms with Gasteiger partial charge in [0.15, 0.2) is 0 Å². The molecule has 25 heavy (non-hydrogen) atoms. The van der Waals surface area contributed by atoms with Crippen LogP contribution in [0.1, 0.15) is 72.0 Å². The monoisotopic (exact) mass is 337 g/mol. The second-order valence-corrected chi connectivity index (χ2v) is 7.72. The lowest BCUT2D eigenvalue weighted by molar-refractivity contribution is 0.0913. The summed E-state index contributed by atoms with van der Waals surface area (Å²) < 4.78 is 0. The lowest BCUT2D eigenvalue weighted by atomic mass is 9.90. The number of nitrogens with one attached hydrogen (secondary N) is 2. The van der Waals surface area contributed by atoms with Crippen LogP contribution in [-0.2, 0) is 0 Å². The molecule has 2 N–H and O–H groups in total. The fourth-order valence-electron chi connectivity index (χ4n) is 3.42. The molecule has 0 saturated heterocycles. The molecule has 0 bridgehead atoms. The maximum atomic E-state index is 12.7. The van der Waals surface area contributed by atoms with Gasteiger partial charge in [0.25, 0.3) is 11.5 Å². The Kier molecular flexibility index (Phi) is 3.74. The topological polar surface area (TPSA) is 74.8 Å². The van der Waals surface area contributed by atoms with Gasteiger partial charge in [0.2, 0.25) is 0 Å². The molecule has 2 fully saturated rings. The number of aromatic nitrogens is 2. The zero-order valence-electron chi connectivity index (χ0n) is 14.6. The SMILES string of the molecule is Cc1nc(C(=O)N[C@@H](c2ccc(C3CC3)cc2)C2(C)CC2)cc(=O)[nH]1. The van der Waals surface area contributed by atoms with Crippen molar-refractivity contribution in [3.63, 3.8) is 0 Å². The Balaban J connectivity index is 1.59. The summed E-state index contributed by atoms with van der Waals surface area (Å²) in [6, 6.07) is 9.85. The number of aryl methyl sites for hydroxylation is 1. The summed E-state index contributed by atoms with van der Waals surface area (Å²) in [6.45, 7) is 3.87. The van der Waals surface area contributed by atoms with E-state index in [1.54, 1.807) is 6.92 Å². The average Bonchev–Trinajstić information content (AvgIpc) is 3.48. The highest BCUT2D eigenvalue weighted by molar-refractivity contribution is 5.92. The van der Waals surface area contributed by atoms with Gasteiger partial charge in [-0.25, -0.2) is 4.98 Å². The molecule has 1 aromatic carbocycles. The van der Waals surface area contributed by atoms with Gasteiger partial charge in [-0.2, -0.15) is 0 Å². The molecule has 2 aliphatic rings. The summed E-state index contributed by atoms with van der Waals surface area (Å²) in [4.78, 5) is 31.0. The van der Waals surface area contributed by atoms with Crippen molar-refractivity contribution in [2.75, 3.05) is 0 Å². The van der Waals surface area contributed by atoms with Crippen LogP contribution in [-0.4, -0.2) is 15.9 Å². The average molecular weight is 337 g/mol. The van der Waals surface area contributed by atoms with Crippen molar-refractivity contribution in [2.45, 2.75) is 51.5 Å². The predicted octanol–water partition coefficient (Wildman–Crippen LogP) is 3.23. The first-order chi connectivity index (χ1) is 11.9. The minimum absolute atomic E-state index is 0.0605. The summed E-state index contributed by atoms with van der Waals surface area (Å²) in [5.74, 6) is 0.876. The van der Waals surface area contributed by atoms with Gasteiger partial charge in [0.05, 0.1) is 6.04 Å². The van der Waals surface area contributed by atoms with Gasteiger partial charge in [0.1, 0.15) is 11.5 Å². The number of carbonyl (C=O) groups excluding carboxylic acids is 1. The third-order valence-corrected chi connectivity index (χ3v) is 5.42. The van der Waals surface area contributed by atoms with Crippen LogP contribution in [0.3, 0.4) is 0 Å². The molecule has 4 rings (SSSR count). The third kappa shape index (κ3) is 3.36. The van der Waals surface area contributed by atoms with Crippen LogP contribution < -0.4 is 10.9 Å². The highest BCUT2D eigenvalue weighted by atomic mass is 16.2. The van der Waals surface area contributed by atoms with Crippen molar-refractivity contribution in [2.24, 2.45) is 5.41 Å². The van der Waals surface area contributed by atoms with Crippen LogP contribution >= 0.6 is 0 Å². The highest BCUT2D eigenvalue weighted by Gasteiger charge is 2.46. The number of H-pyrrole nitrogens is 1. The molecule has 0 radical (unpaired) electrons. The number of hydrogen-bond donors (Lipinski definition) is 2. The van der Waals surface area contributed by atoms with E-state index in [9.17, 15) is 9.59 Å². The summed E-state index contributed by atoms with van der Waals surface area (Å²) in [5.41, 5.74) is 2.46. The Bertz CT molecular complexity index is 861. The first kappa shape index (κ1) is 16.1. The van der Waals surface area contributed by atoms with Crippen molar-refractivity contribution in [3.8, 4) is 0 Å². The van der Waals surface area contributed by atoms with E-state index in [4.69, 9.17) is 0 Å². The fraction of sp³-hybridized carbons (Fsp3) is 0.450. The van der Waals surface area contributed by atoms with Crippen LogP contribution in [0.4, 0.5) is 0 Å². The summed E-state index contributed by atoms with van der Waals surface area (Å²) in [5, 5.41) is 3.12. The highest BCUT2D eigenvalue weighted by Crippen LogP contribution is 2.54. The van der Waals surface area contributed by atoms with E-state index in [-0.39, 0.29) is 28.6 Å². The van der Waals surface area contributed by atoms with Crippen LogP contribution in [0.5, 0.6) is 0 Å². The number of aromatic amines is 1. The van der Waals surface area contributed by atoms with E-state index in [2.05, 4.69) is 46.5 Å². The Morgan fingerprint density at radius 3 is 2.52 bits per heavy atom. The first-order valence-corrected chi connectivity index (χ1v) is 8.93. The van der Waals surface area contributed by atoms with Crippen molar-refractivity contribution in [1.82, 2.24) is 15.3 Å². The molecule has 1 aromatic heterocycles. The zero-order valence-corrected chi connectivity index (χ0v) is 14.6. The van der Waals surface area contributed by atoms with E-state index in [0.29, 0.717) is 5.82 Å². The maximum absolute atomic E-state index is 12.7. The number of hydrogen-bond acceptors (Lipinski definition) is 3. The van der Waals surface area contributed by atoms with Crippen molar-refractivity contribution >= 4 is 5.91 Å². The number of rotatable bonds is 5. The second kappa shape index (κ2) is 5.83. The molecule has 0 unspecified atom stereocenters. The van der Waals surface area contributed by atoms with Gasteiger partial charge >= 0.3 is 0 Å². The number of nitrogens with zero attached hydrogens (tertiary/aromatic N) is 1. The number of amides is 1. The number of benzene rings is 1. The predicted molar refractivity (Wildman–Crippen MR) is 95.6 cm³/mol. The molecule has 2 aromatic rings. The second-order valence-electron chi connectivity index (χ2n) is 7.72. The molecule has 0 spiro atoms. The van der Waals surface area contributed by atoms with E-state index in [0.717, 1.165) is 24.3 Å². The van der Waals surface area contributed by atoms with Crippen molar-refractivity contribution < 1.29 is 4.79 Å². The van der Waals surface area contributed by atoms with Gasteiger partial charge in [-0.05, 0) is 55.1 Å². The van der Waals surface area contributed by atoms with E-state index in [1.807, 2.05) is 0 Å². The molecule has 2 aliphatic carbocycles. The summed E-state index contributed by atoms with van der Waals surface area (Å²) in [7, 11) is 0. The van der Waals surface area contributed by atoms with E-state index >= 15 is 0 Å². The van der Waals surface area contributed by atoms with E-state index < -0.39 is 0 Å². The van der Waals surface area contributed by atoms with Crippen LogP contribution in [0, 0.1) is 12.3 Å². The minimum Gasteiger partial charge on any atom is -0.343 e. The molecule has 0 aliphatic heterocycles. The molecule has 5 heteroatoms. The normalized spacial score (nSPS) is 19.3. The van der Waals surface area contributed by atoms with Crippen LogP contribution in [0.2, 0.25) is 0 Å². The van der Waals surface area contributed by atoms with Gasteiger partial charge in [-0.1, -0.05) is 31.2 Å². The zero-order chi connectivity index (χ0) is 17.6. The molecule has 5 nitrogen and oxygen atoms in total. The van der Waals surface area contributed by atoms with Gasteiger partial charge in [-0.15, -0.1) is 0 Å². The first-order valence-electron chi connectivity index (χ1n) is 8.93. The van der Waals surface area contributed by atoms with Crippen molar-refractivity contribution in [3.05, 3.63) is 63.3 Å². The molecule has 2 saturated carbocycles. The van der Waals surface area contributed by atoms with Gasteiger partial charge in [-0.3, -0.25) is 9.59 Å². The molecular weight excluding hydrogens is 314 g/mol. The molecular formula is C20H23N3O2. The standard InChI is InChI=1S/C20H23N3O2/c1-12-21-16(11-17(24)22-12)19(25)23-18(20(2)9-10-20)15-7-5-14(6-8-15)13-3-4-13/h5-8,11,13,18H,3-4,9-10H2,1-2H3,(H,23,25)(H,21,22,24)/t18-/m0/s1. The third-order valence-electron chi connectivity index (χ3n) is 5.42. The lowest BCUT2D eigenvalue weighted by Gasteiger charge is -2.25. The summed E-state index contributed by atoms with van der Waals surface area (Å²) >= 11 is 0. The smallest absolute Gasteiger partial charge is 0.270 e. The van der Waals surface area contributed by atoms with Gasteiger partial charge < -0.3 is 10.3 Å². The van der Waals surface area contributed by atoms with Crippen molar-refractivity contribution in [1.29, 1.82) is 0 Å². The Morgan fingerprint density at radius 1 is 1.28 bits per heavy atom. The number of carbonyl (C=O) groups is 1. The molecule has 1 atom stereocenters. The minimum atomic E-state index is -0.305. The quantitative estimate of drug-likeness (QED) is 0.879. The molecule has 1 heterocycles. The Labute approximate surface area is 146 Å². The maximum Gasteiger partial charge on any atom is 0.270 e.